The molecule has 2 aliphatic rings. The molecule has 0 radical (unpaired) electrons. The number of esters is 1. The average molecular weight is 169 g/mol. The predicted octanol–water partition coefficient (Wildman–Crippen LogP) is 0.692. The van der Waals surface area contributed by atoms with Gasteiger partial charge in [-0.15, -0.1) is 0 Å². The van der Waals surface area contributed by atoms with E-state index in [1.54, 1.807) is 0 Å². The van der Waals surface area contributed by atoms with Crippen LogP contribution in [-0.2, 0) is 9.53 Å². The number of nitrogens with one attached hydrogen (secondary N) is 1. The average Bonchev–Trinajstić information content (AvgIpc) is 2.06. The van der Waals surface area contributed by atoms with Crippen LogP contribution in [0.15, 0.2) is 0 Å². The first-order valence-corrected chi connectivity index (χ1v) is 4.61. The van der Waals surface area contributed by atoms with E-state index >= 15 is 0 Å². The lowest BCUT2D eigenvalue weighted by Crippen LogP contribution is -2.52. The molecule has 2 heterocycles. The van der Waals surface area contributed by atoms with Crippen LogP contribution in [0.1, 0.15) is 26.2 Å². The molecule has 0 bridgehead atoms. The number of hydrogen-bond donors (Lipinski definition) is 1. The van der Waals surface area contributed by atoms with Crippen molar-refractivity contribution < 1.29 is 9.53 Å². The molecule has 2 fully saturated rings. The van der Waals surface area contributed by atoms with Crippen LogP contribution < -0.4 is 5.32 Å². The number of piperidine rings is 1. The fourth-order valence-corrected chi connectivity index (χ4v) is 2.13. The maximum absolute atomic E-state index is 11.0. The van der Waals surface area contributed by atoms with E-state index in [-0.39, 0.29) is 17.5 Å². The first kappa shape index (κ1) is 8.05. The van der Waals surface area contributed by atoms with Gasteiger partial charge in [-0.3, -0.25) is 4.79 Å². The largest absolute Gasteiger partial charge is 0.462 e. The van der Waals surface area contributed by atoms with E-state index in [0.717, 1.165) is 25.9 Å². The van der Waals surface area contributed by atoms with Gasteiger partial charge in [0.2, 0.25) is 0 Å². The van der Waals surface area contributed by atoms with Crippen LogP contribution in [0.25, 0.3) is 0 Å². The van der Waals surface area contributed by atoms with Crippen molar-refractivity contribution in [3.05, 3.63) is 0 Å². The van der Waals surface area contributed by atoms with Crippen LogP contribution in [0.4, 0.5) is 0 Å². The molecule has 0 aromatic heterocycles. The van der Waals surface area contributed by atoms with Crippen LogP contribution in [0.2, 0.25) is 0 Å². The summed E-state index contributed by atoms with van der Waals surface area (Å²) in [4.78, 5) is 11.0. The van der Waals surface area contributed by atoms with E-state index in [4.69, 9.17) is 4.74 Å². The van der Waals surface area contributed by atoms with E-state index in [2.05, 4.69) is 12.2 Å². The molecular weight excluding hydrogens is 154 g/mol. The molecule has 1 N–H and O–H groups in total. The molecule has 2 unspecified atom stereocenters. The van der Waals surface area contributed by atoms with Gasteiger partial charge in [0.25, 0.3) is 0 Å². The number of ether oxygens (including phenoxy) is 1. The van der Waals surface area contributed by atoms with Crippen molar-refractivity contribution in [2.24, 2.45) is 5.41 Å². The first-order valence-electron chi connectivity index (χ1n) is 4.61. The zero-order valence-corrected chi connectivity index (χ0v) is 7.43. The number of carbonyl (C=O) groups excluding carboxylic acids is 1. The summed E-state index contributed by atoms with van der Waals surface area (Å²) in [6.07, 6.45) is 2.71. The fourth-order valence-electron chi connectivity index (χ4n) is 2.13. The maximum Gasteiger partial charge on any atom is 0.306 e. The van der Waals surface area contributed by atoms with Gasteiger partial charge in [0.05, 0.1) is 0 Å². The van der Waals surface area contributed by atoms with Crippen LogP contribution in [0, 0.1) is 5.41 Å². The second kappa shape index (κ2) is 2.73. The summed E-state index contributed by atoms with van der Waals surface area (Å²) >= 11 is 0. The van der Waals surface area contributed by atoms with Gasteiger partial charge in [0.1, 0.15) is 6.10 Å². The van der Waals surface area contributed by atoms with E-state index in [1.807, 2.05) is 0 Å². The third kappa shape index (κ3) is 1.22. The Kier molecular flexibility index (Phi) is 1.83. The monoisotopic (exact) mass is 169 g/mol. The van der Waals surface area contributed by atoms with E-state index < -0.39 is 0 Å². The predicted molar refractivity (Wildman–Crippen MR) is 44.7 cm³/mol. The molecule has 68 valence electrons. The fraction of sp³-hybridized carbons (Fsp3) is 0.889. The third-order valence-electron chi connectivity index (χ3n) is 3.06. The molecule has 2 atom stereocenters. The molecule has 12 heavy (non-hydrogen) atoms. The number of rotatable bonds is 0. The zero-order valence-electron chi connectivity index (χ0n) is 7.43. The number of fused-ring (bicyclic) bond motifs is 1. The maximum atomic E-state index is 11.0. The first-order chi connectivity index (χ1) is 5.71. The Balaban J connectivity index is 2.11. The van der Waals surface area contributed by atoms with Crippen molar-refractivity contribution in [3.8, 4) is 0 Å². The highest BCUT2D eigenvalue weighted by Crippen LogP contribution is 2.37. The van der Waals surface area contributed by atoms with Crippen molar-refractivity contribution in [1.29, 1.82) is 0 Å². The van der Waals surface area contributed by atoms with Crippen molar-refractivity contribution in [2.75, 3.05) is 13.1 Å². The molecule has 2 saturated heterocycles. The normalized spacial score (nSPS) is 41.8. The molecule has 2 aliphatic heterocycles. The Labute approximate surface area is 72.5 Å². The second-order valence-corrected chi connectivity index (χ2v) is 4.10. The molecule has 0 spiro atoms. The quantitative estimate of drug-likeness (QED) is 0.542. The van der Waals surface area contributed by atoms with Crippen molar-refractivity contribution in [3.63, 3.8) is 0 Å². The molecule has 0 aromatic carbocycles. The van der Waals surface area contributed by atoms with Crippen LogP contribution in [0.3, 0.4) is 0 Å². The Bertz CT molecular complexity index is 205. The third-order valence-corrected chi connectivity index (χ3v) is 3.06. The van der Waals surface area contributed by atoms with E-state index in [0.29, 0.717) is 6.42 Å². The summed E-state index contributed by atoms with van der Waals surface area (Å²) in [5.41, 5.74) is 0.201. The minimum absolute atomic E-state index is 0.0145. The highest BCUT2D eigenvalue weighted by molar-refractivity contribution is 5.70. The molecule has 3 nitrogen and oxygen atoms in total. The highest BCUT2D eigenvalue weighted by atomic mass is 16.5. The lowest BCUT2D eigenvalue weighted by molar-refractivity contribution is -0.168. The lowest BCUT2D eigenvalue weighted by atomic mass is 9.75. The smallest absolute Gasteiger partial charge is 0.306 e. The van der Waals surface area contributed by atoms with Crippen LogP contribution in [-0.4, -0.2) is 25.2 Å². The molecular formula is C9H15NO2. The Morgan fingerprint density at radius 2 is 2.50 bits per heavy atom. The van der Waals surface area contributed by atoms with Gasteiger partial charge in [0.15, 0.2) is 0 Å². The minimum atomic E-state index is -0.0145. The summed E-state index contributed by atoms with van der Waals surface area (Å²) in [6.45, 7) is 4.18. The topological polar surface area (TPSA) is 38.3 Å². The summed E-state index contributed by atoms with van der Waals surface area (Å²) in [6, 6.07) is 0. The summed E-state index contributed by atoms with van der Waals surface area (Å²) < 4.78 is 5.31. The summed E-state index contributed by atoms with van der Waals surface area (Å²) in [5, 5.41) is 3.35. The van der Waals surface area contributed by atoms with E-state index in [1.165, 1.54) is 0 Å². The van der Waals surface area contributed by atoms with Gasteiger partial charge in [0, 0.05) is 18.4 Å². The Morgan fingerprint density at radius 1 is 1.67 bits per heavy atom. The molecule has 3 heteroatoms. The SMILES string of the molecule is CC12CCC(=O)OC1CCNC2. The van der Waals surface area contributed by atoms with Crippen molar-refractivity contribution in [2.45, 2.75) is 32.3 Å². The van der Waals surface area contributed by atoms with E-state index in [9.17, 15) is 4.79 Å². The molecule has 2 rings (SSSR count). The molecule has 0 aromatic rings. The van der Waals surface area contributed by atoms with Gasteiger partial charge >= 0.3 is 5.97 Å². The second-order valence-electron chi connectivity index (χ2n) is 4.10. The highest BCUT2D eigenvalue weighted by Gasteiger charge is 2.42. The van der Waals surface area contributed by atoms with Crippen LogP contribution in [0.5, 0.6) is 0 Å². The minimum Gasteiger partial charge on any atom is -0.462 e. The molecule has 0 aliphatic carbocycles. The molecule has 0 amide bonds. The van der Waals surface area contributed by atoms with Gasteiger partial charge in [-0.2, -0.15) is 0 Å². The van der Waals surface area contributed by atoms with Gasteiger partial charge in [-0.1, -0.05) is 6.92 Å². The van der Waals surface area contributed by atoms with Crippen LogP contribution >= 0.6 is 0 Å². The Hall–Kier alpha value is -0.570. The summed E-state index contributed by atoms with van der Waals surface area (Å²) in [7, 11) is 0. The standard InChI is InChI=1S/C9H15NO2/c1-9-4-2-8(11)12-7(9)3-5-10-6-9/h7,10H,2-6H2,1H3. The van der Waals surface area contributed by atoms with Crippen molar-refractivity contribution in [1.82, 2.24) is 5.32 Å². The summed E-state index contributed by atoms with van der Waals surface area (Å²) in [5.74, 6) is -0.0145. The van der Waals surface area contributed by atoms with Crippen molar-refractivity contribution >= 4 is 5.97 Å². The van der Waals surface area contributed by atoms with Gasteiger partial charge < -0.3 is 10.1 Å². The lowest BCUT2D eigenvalue weighted by Gasteiger charge is -2.43. The zero-order chi connectivity index (χ0) is 8.60. The Morgan fingerprint density at radius 3 is 3.33 bits per heavy atom. The number of carbonyl (C=O) groups is 1. The number of hydrogen-bond acceptors (Lipinski definition) is 3. The molecule has 0 saturated carbocycles. The van der Waals surface area contributed by atoms with Gasteiger partial charge in [-0.25, -0.2) is 0 Å². The van der Waals surface area contributed by atoms with Gasteiger partial charge in [-0.05, 0) is 19.4 Å².